The summed E-state index contributed by atoms with van der Waals surface area (Å²) in [5.74, 6) is 0. The third-order valence-corrected chi connectivity index (χ3v) is 2.13. The quantitative estimate of drug-likeness (QED) is 0.893. The van der Waals surface area contributed by atoms with Gasteiger partial charge in [0.2, 0.25) is 0 Å². The topological polar surface area (TPSA) is 81.0 Å². The number of aromatic nitrogens is 2. The number of H-pyrrole nitrogens is 1. The van der Waals surface area contributed by atoms with Gasteiger partial charge in [0.25, 0.3) is 0 Å². The number of nitrogens with two attached hydrogens (primary N) is 1. The summed E-state index contributed by atoms with van der Waals surface area (Å²) in [6.07, 6.45) is 0.943. The Labute approximate surface area is 107 Å². The Morgan fingerprint density at radius 1 is 1.35 bits per heavy atom. The van der Waals surface area contributed by atoms with Crippen molar-refractivity contribution in [2.45, 2.75) is 6.61 Å². The van der Waals surface area contributed by atoms with E-state index >= 15 is 0 Å². The van der Waals surface area contributed by atoms with Crippen LogP contribution in [0.1, 0.15) is 5.56 Å². The van der Waals surface area contributed by atoms with Gasteiger partial charge >= 0.3 is 6.09 Å². The van der Waals surface area contributed by atoms with Gasteiger partial charge in [-0.25, -0.2) is 4.79 Å². The third-order valence-electron chi connectivity index (χ3n) is 1.69. The number of rotatable bonds is 2. The van der Waals surface area contributed by atoms with Gasteiger partial charge in [-0.15, -0.1) is 0 Å². The molecule has 0 aliphatic rings. The monoisotopic (exact) mass is 297 g/mol. The lowest BCUT2D eigenvalue weighted by Gasteiger charge is -1.99. The number of nitrogens with one attached hydrogen (secondary N) is 1. The van der Waals surface area contributed by atoms with Gasteiger partial charge in [0.15, 0.2) is 0 Å². The van der Waals surface area contributed by atoms with Crippen molar-refractivity contribution in [3.05, 3.63) is 52.8 Å². The fourth-order valence-corrected chi connectivity index (χ4v) is 1.19. The molecule has 0 saturated heterocycles. The van der Waals surface area contributed by atoms with E-state index in [1.54, 1.807) is 6.20 Å². The summed E-state index contributed by atoms with van der Waals surface area (Å²) in [6, 6.07) is 11.2. The molecule has 3 N–H and O–H groups in total. The molecule has 90 valence electrons. The smallest absolute Gasteiger partial charge is 0.404 e. The second-order valence-corrected chi connectivity index (χ2v) is 3.85. The SMILES string of the molecule is Brc1ccn[nH]1.NC(=O)OCc1ccccc1. The van der Waals surface area contributed by atoms with E-state index in [1.165, 1.54) is 0 Å². The van der Waals surface area contributed by atoms with E-state index in [-0.39, 0.29) is 6.61 Å². The Morgan fingerprint density at radius 3 is 2.47 bits per heavy atom. The first-order valence-electron chi connectivity index (χ1n) is 4.79. The van der Waals surface area contributed by atoms with Crippen LogP contribution in [0.15, 0.2) is 47.2 Å². The van der Waals surface area contributed by atoms with Crippen LogP contribution in [-0.2, 0) is 11.3 Å². The molecule has 5 nitrogen and oxygen atoms in total. The number of benzene rings is 1. The lowest BCUT2D eigenvalue weighted by atomic mass is 10.2. The molecule has 2 aromatic rings. The molecule has 0 unspecified atom stereocenters. The number of nitrogens with zero attached hydrogens (tertiary/aromatic N) is 1. The van der Waals surface area contributed by atoms with Gasteiger partial charge in [-0.2, -0.15) is 5.10 Å². The van der Waals surface area contributed by atoms with Crippen LogP contribution in [0.3, 0.4) is 0 Å². The molecule has 2 rings (SSSR count). The molecule has 1 aromatic carbocycles. The van der Waals surface area contributed by atoms with Gasteiger partial charge in [-0.3, -0.25) is 5.10 Å². The minimum absolute atomic E-state index is 0.246. The maximum atomic E-state index is 10.2. The number of amides is 1. The highest BCUT2D eigenvalue weighted by Crippen LogP contribution is 1.99. The summed E-state index contributed by atoms with van der Waals surface area (Å²) in [5, 5.41) is 6.32. The summed E-state index contributed by atoms with van der Waals surface area (Å²) in [6.45, 7) is 0.246. The highest BCUT2D eigenvalue weighted by molar-refractivity contribution is 9.10. The Morgan fingerprint density at radius 2 is 2.06 bits per heavy atom. The van der Waals surface area contributed by atoms with E-state index in [9.17, 15) is 4.79 Å². The van der Waals surface area contributed by atoms with Crippen molar-refractivity contribution in [2.24, 2.45) is 5.73 Å². The summed E-state index contributed by atoms with van der Waals surface area (Å²) < 4.78 is 5.49. The van der Waals surface area contributed by atoms with Crippen molar-refractivity contribution in [1.82, 2.24) is 10.2 Å². The van der Waals surface area contributed by atoms with E-state index in [0.717, 1.165) is 10.2 Å². The van der Waals surface area contributed by atoms with E-state index in [0.29, 0.717) is 0 Å². The lowest BCUT2D eigenvalue weighted by molar-refractivity contribution is 0.150. The number of hydrogen-bond acceptors (Lipinski definition) is 3. The lowest BCUT2D eigenvalue weighted by Crippen LogP contribution is -2.12. The van der Waals surface area contributed by atoms with E-state index in [4.69, 9.17) is 5.73 Å². The molecular formula is C11H12BrN3O2. The predicted octanol–water partition coefficient (Wildman–Crippen LogP) is 2.45. The largest absolute Gasteiger partial charge is 0.445 e. The zero-order valence-corrected chi connectivity index (χ0v) is 10.6. The number of carbonyl (C=O) groups is 1. The standard InChI is InChI=1S/C8H9NO2.C3H3BrN2/c9-8(10)11-6-7-4-2-1-3-5-7;4-3-1-2-5-6-3/h1-5H,6H2,(H2,9,10);1-2H,(H,5,6). The third kappa shape index (κ3) is 6.36. The second kappa shape index (κ2) is 7.45. The van der Waals surface area contributed by atoms with Crippen LogP contribution in [0.5, 0.6) is 0 Å². The summed E-state index contributed by atoms with van der Waals surface area (Å²) in [7, 11) is 0. The average molecular weight is 298 g/mol. The van der Waals surface area contributed by atoms with Crippen LogP contribution in [0.2, 0.25) is 0 Å². The zero-order valence-electron chi connectivity index (χ0n) is 8.97. The fourth-order valence-electron chi connectivity index (χ4n) is 0.968. The maximum absolute atomic E-state index is 10.2. The Kier molecular flexibility index (Phi) is 5.81. The van der Waals surface area contributed by atoms with Gasteiger partial charge in [0, 0.05) is 6.20 Å². The molecule has 0 spiro atoms. The number of halogens is 1. The second-order valence-electron chi connectivity index (χ2n) is 3.00. The number of primary amides is 1. The average Bonchev–Trinajstić information content (AvgIpc) is 2.80. The molecule has 0 atom stereocenters. The maximum Gasteiger partial charge on any atom is 0.404 e. The molecule has 6 heteroatoms. The molecule has 0 aliphatic carbocycles. The number of hydrogen-bond donors (Lipinski definition) is 2. The van der Waals surface area contributed by atoms with Gasteiger partial charge < -0.3 is 10.5 Å². The van der Waals surface area contributed by atoms with Gasteiger partial charge in [0.1, 0.15) is 11.2 Å². The van der Waals surface area contributed by atoms with Crippen molar-refractivity contribution in [3.63, 3.8) is 0 Å². The highest BCUT2D eigenvalue weighted by atomic mass is 79.9. The van der Waals surface area contributed by atoms with E-state index in [1.807, 2.05) is 36.4 Å². The van der Waals surface area contributed by atoms with Crippen LogP contribution >= 0.6 is 15.9 Å². The van der Waals surface area contributed by atoms with Crippen molar-refractivity contribution in [2.75, 3.05) is 0 Å². The van der Waals surface area contributed by atoms with Crippen molar-refractivity contribution >= 4 is 22.0 Å². The molecule has 0 bridgehead atoms. The summed E-state index contributed by atoms with van der Waals surface area (Å²) in [4.78, 5) is 10.2. The van der Waals surface area contributed by atoms with Gasteiger partial charge in [-0.1, -0.05) is 30.3 Å². The minimum Gasteiger partial charge on any atom is -0.445 e. The predicted molar refractivity (Wildman–Crippen MR) is 67.1 cm³/mol. The van der Waals surface area contributed by atoms with E-state index in [2.05, 4.69) is 30.9 Å². The number of carbonyl (C=O) groups excluding carboxylic acids is 1. The van der Waals surface area contributed by atoms with Crippen LogP contribution in [0.4, 0.5) is 4.79 Å². The zero-order chi connectivity index (χ0) is 12.5. The van der Waals surface area contributed by atoms with Crippen LogP contribution in [0.25, 0.3) is 0 Å². The number of ether oxygens (including phenoxy) is 1. The fraction of sp³-hybridized carbons (Fsp3) is 0.0909. The van der Waals surface area contributed by atoms with Crippen LogP contribution in [0, 0.1) is 0 Å². The molecule has 17 heavy (non-hydrogen) atoms. The van der Waals surface area contributed by atoms with Gasteiger partial charge in [-0.05, 0) is 27.6 Å². The van der Waals surface area contributed by atoms with E-state index < -0.39 is 6.09 Å². The normalized spacial score (nSPS) is 9.00. The van der Waals surface area contributed by atoms with Crippen molar-refractivity contribution in [1.29, 1.82) is 0 Å². The Hall–Kier alpha value is -1.82. The van der Waals surface area contributed by atoms with Crippen molar-refractivity contribution in [3.8, 4) is 0 Å². The summed E-state index contributed by atoms with van der Waals surface area (Å²) >= 11 is 3.16. The highest BCUT2D eigenvalue weighted by Gasteiger charge is 1.93. The van der Waals surface area contributed by atoms with Crippen LogP contribution in [-0.4, -0.2) is 16.3 Å². The van der Waals surface area contributed by atoms with Crippen LogP contribution < -0.4 is 5.73 Å². The van der Waals surface area contributed by atoms with Crippen molar-refractivity contribution < 1.29 is 9.53 Å². The molecule has 0 aliphatic heterocycles. The Bertz CT molecular complexity index is 431. The molecule has 1 amide bonds. The molecule has 0 saturated carbocycles. The molecular weight excluding hydrogens is 286 g/mol. The molecule has 1 heterocycles. The molecule has 0 fully saturated rings. The first-order valence-corrected chi connectivity index (χ1v) is 5.59. The molecule has 1 aromatic heterocycles. The number of aromatic amines is 1. The Balaban J connectivity index is 0.000000202. The van der Waals surface area contributed by atoms with Gasteiger partial charge in [0.05, 0.1) is 0 Å². The first-order chi connectivity index (χ1) is 8.18. The first kappa shape index (κ1) is 13.2. The molecule has 0 radical (unpaired) electrons. The summed E-state index contributed by atoms with van der Waals surface area (Å²) in [5.41, 5.74) is 5.72. The minimum atomic E-state index is -0.742.